The minimum Gasteiger partial charge on any atom is -0.310 e. The third kappa shape index (κ3) is 1.57. The molecule has 70 valence electrons. The van der Waals surface area contributed by atoms with Crippen LogP contribution in [0.3, 0.4) is 0 Å². The Hall–Kier alpha value is -1.90. The average Bonchev–Trinajstić information content (AvgIpc) is 2.07. The Kier molecular flexibility index (Phi) is 2.14. The normalized spacial score (nSPS) is 18.1. The van der Waals surface area contributed by atoms with E-state index in [1.807, 2.05) is 30.4 Å². The zero-order chi connectivity index (χ0) is 9.97. The molecule has 1 aliphatic rings. The molecule has 0 atom stereocenters. The Balaban J connectivity index is 2.71. The van der Waals surface area contributed by atoms with Crippen molar-refractivity contribution in [1.82, 2.24) is 9.97 Å². The number of hydrogen-bond donors (Lipinski definition) is 1. The molecule has 0 radical (unpaired) electrons. The Morgan fingerprint density at radius 1 is 1.14 bits per heavy atom. The summed E-state index contributed by atoms with van der Waals surface area (Å²) in [5.41, 5.74) is 1.23. The second kappa shape index (κ2) is 3.46. The summed E-state index contributed by atoms with van der Waals surface area (Å²) in [6.07, 6.45) is 11.1. The number of nitrogens with zero attached hydrogens (tertiary/aromatic N) is 1. The van der Waals surface area contributed by atoms with E-state index in [0.29, 0.717) is 17.1 Å². The van der Waals surface area contributed by atoms with Gasteiger partial charge in [0.2, 0.25) is 0 Å². The van der Waals surface area contributed by atoms with E-state index in [0.717, 1.165) is 0 Å². The van der Waals surface area contributed by atoms with Crippen molar-refractivity contribution in [3.05, 3.63) is 51.7 Å². The van der Waals surface area contributed by atoms with E-state index in [1.54, 1.807) is 13.0 Å². The molecule has 0 aliphatic heterocycles. The zero-order valence-corrected chi connectivity index (χ0v) is 7.82. The largest absolute Gasteiger partial charge is 0.310 e. The summed E-state index contributed by atoms with van der Waals surface area (Å²) in [6.45, 7) is 1.77. The lowest BCUT2D eigenvalue weighted by atomic mass is 10.1. The van der Waals surface area contributed by atoms with Gasteiger partial charge in [-0.05, 0) is 19.1 Å². The first-order valence-corrected chi connectivity index (χ1v) is 4.40. The molecular weight excluding hydrogens is 176 g/mol. The summed E-state index contributed by atoms with van der Waals surface area (Å²) < 4.78 is 0. The van der Waals surface area contributed by atoms with E-state index in [9.17, 15) is 4.79 Å². The summed E-state index contributed by atoms with van der Waals surface area (Å²) in [5.74, 6) is 0.636. The number of aromatic amines is 1. The quantitative estimate of drug-likeness (QED) is 0.670. The van der Waals surface area contributed by atoms with Crippen molar-refractivity contribution < 1.29 is 0 Å². The van der Waals surface area contributed by atoms with Gasteiger partial charge >= 0.3 is 0 Å². The van der Waals surface area contributed by atoms with Crippen LogP contribution in [0.2, 0.25) is 0 Å². The SMILES string of the molecule is Cc1nc2c(c(=O)[nH]1)/C=C\C=C/C=C2. The first kappa shape index (κ1) is 8.69. The fourth-order valence-electron chi connectivity index (χ4n) is 1.33. The van der Waals surface area contributed by atoms with E-state index in [1.165, 1.54) is 0 Å². The predicted molar refractivity (Wildman–Crippen MR) is 56.8 cm³/mol. The van der Waals surface area contributed by atoms with Crippen LogP contribution in [0.4, 0.5) is 0 Å². The van der Waals surface area contributed by atoms with Gasteiger partial charge in [-0.15, -0.1) is 0 Å². The third-order valence-electron chi connectivity index (χ3n) is 1.95. The lowest BCUT2D eigenvalue weighted by molar-refractivity contribution is 1.00. The zero-order valence-electron chi connectivity index (χ0n) is 7.82. The van der Waals surface area contributed by atoms with Crippen molar-refractivity contribution in [1.29, 1.82) is 0 Å². The highest BCUT2D eigenvalue weighted by molar-refractivity contribution is 5.64. The van der Waals surface area contributed by atoms with Gasteiger partial charge in [-0.25, -0.2) is 4.98 Å². The molecule has 0 amide bonds. The topological polar surface area (TPSA) is 45.8 Å². The van der Waals surface area contributed by atoms with Gasteiger partial charge in [-0.1, -0.05) is 24.3 Å². The summed E-state index contributed by atoms with van der Waals surface area (Å²) in [7, 11) is 0. The number of nitrogens with one attached hydrogen (secondary N) is 1. The summed E-state index contributed by atoms with van der Waals surface area (Å²) in [6, 6.07) is 0. The fraction of sp³-hybridized carbons (Fsp3) is 0.0909. The molecule has 1 aromatic rings. The van der Waals surface area contributed by atoms with Crippen molar-refractivity contribution in [2.45, 2.75) is 6.92 Å². The van der Waals surface area contributed by atoms with Crippen molar-refractivity contribution in [2.75, 3.05) is 0 Å². The molecular formula is C11H10N2O. The maximum absolute atomic E-state index is 11.5. The number of aromatic nitrogens is 2. The number of hydrogen-bond acceptors (Lipinski definition) is 2. The molecule has 0 fully saturated rings. The standard InChI is InChI=1S/C11H10N2O/c1-8-12-10-7-5-3-2-4-6-9(10)11(14)13-8/h2-7H,1H3,(H,12,13,14). The lowest BCUT2D eigenvalue weighted by Gasteiger charge is -2.01. The molecule has 3 heteroatoms. The van der Waals surface area contributed by atoms with Crippen LogP contribution >= 0.6 is 0 Å². The van der Waals surface area contributed by atoms with Crippen molar-refractivity contribution in [3.8, 4) is 0 Å². The molecule has 0 saturated carbocycles. The van der Waals surface area contributed by atoms with E-state index < -0.39 is 0 Å². The van der Waals surface area contributed by atoms with Gasteiger partial charge in [0, 0.05) is 0 Å². The second-order valence-electron chi connectivity index (χ2n) is 3.05. The first-order valence-electron chi connectivity index (χ1n) is 4.40. The van der Waals surface area contributed by atoms with Crippen LogP contribution < -0.4 is 5.56 Å². The van der Waals surface area contributed by atoms with Gasteiger partial charge in [0.15, 0.2) is 0 Å². The fourth-order valence-corrected chi connectivity index (χ4v) is 1.33. The minimum atomic E-state index is -0.0938. The molecule has 0 bridgehead atoms. The number of aryl methyl sites for hydroxylation is 1. The van der Waals surface area contributed by atoms with E-state index >= 15 is 0 Å². The van der Waals surface area contributed by atoms with Crippen LogP contribution in [0.25, 0.3) is 12.2 Å². The smallest absolute Gasteiger partial charge is 0.258 e. The predicted octanol–water partition coefficient (Wildman–Crippen LogP) is 1.67. The van der Waals surface area contributed by atoms with Gasteiger partial charge in [0.1, 0.15) is 5.82 Å². The third-order valence-corrected chi connectivity index (χ3v) is 1.95. The van der Waals surface area contributed by atoms with E-state index in [2.05, 4.69) is 9.97 Å². The number of rotatable bonds is 0. The molecule has 1 aromatic heterocycles. The molecule has 3 nitrogen and oxygen atoms in total. The van der Waals surface area contributed by atoms with Crippen LogP contribution in [0.5, 0.6) is 0 Å². The lowest BCUT2D eigenvalue weighted by Crippen LogP contribution is -2.14. The minimum absolute atomic E-state index is 0.0938. The summed E-state index contributed by atoms with van der Waals surface area (Å²) in [5, 5.41) is 0. The number of fused-ring (bicyclic) bond motifs is 1. The Morgan fingerprint density at radius 2 is 1.86 bits per heavy atom. The molecule has 1 heterocycles. The van der Waals surface area contributed by atoms with Crippen LogP contribution in [0.15, 0.2) is 29.1 Å². The van der Waals surface area contributed by atoms with Gasteiger partial charge < -0.3 is 4.98 Å². The maximum Gasteiger partial charge on any atom is 0.258 e. The molecule has 0 aromatic carbocycles. The monoisotopic (exact) mass is 186 g/mol. The Labute approximate surface area is 81.5 Å². The van der Waals surface area contributed by atoms with Crippen molar-refractivity contribution in [3.63, 3.8) is 0 Å². The summed E-state index contributed by atoms with van der Waals surface area (Å²) in [4.78, 5) is 18.5. The highest BCUT2D eigenvalue weighted by atomic mass is 16.1. The van der Waals surface area contributed by atoms with E-state index in [4.69, 9.17) is 0 Å². The Bertz CT molecular complexity index is 492. The average molecular weight is 186 g/mol. The van der Waals surface area contributed by atoms with Crippen molar-refractivity contribution >= 4 is 12.2 Å². The highest BCUT2D eigenvalue weighted by Crippen LogP contribution is 2.07. The van der Waals surface area contributed by atoms with Gasteiger partial charge in [-0.3, -0.25) is 4.79 Å². The second-order valence-corrected chi connectivity index (χ2v) is 3.05. The van der Waals surface area contributed by atoms with Gasteiger partial charge in [0.05, 0.1) is 11.3 Å². The maximum atomic E-state index is 11.5. The first-order chi connectivity index (χ1) is 6.77. The molecule has 14 heavy (non-hydrogen) atoms. The molecule has 1 aliphatic carbocycles. The number of allylic oxidation sites excluding steroid dienone is 4. The van der Waals surface area contributed by atoms with E-state index in [-0.39, 0.29) is 5.56 Å². The van der Waals surface area contributed by atoms with Crippen LogP contribution in [0, 0.1) is 6.92 Å². The van der Waals surface area contributed by atoms with Crippen molar-refractivity contribution in [2.24, 2.45) is 0 Å². The number of H-pyrrole nitrogens is 1. The molecule has 0 unspecified atom stereocenters. The van der Waals surface area contributed by atoms with Crippen LogP contribution in [-0.2, 0) is 0 Å². The highest BCUT2D eigenvalue weighted by Gasteiger charge is 2.04. The van der Waals surface area contributed by atoms with Crippen LogP contribution in [-0.4, -0.2) is 9.97 Å². The Morgan fingerprint density at radius 3 is 2.64 bits per heavy atom. The molecule has 1 N–H and O–H groups in total. The van der Waals surface area contributed by atoms with Crippen LogP contribution in [0.1, 0.15) is 17.1 Å². The van der Waals surface area contributed by atoms with Gasteiger partial charge in [-0.2, -0.15) is 0 Å². The molecule has 2 rings (SSSR count). The molecule has 0 saturated heterocycles. The summed E-state index contributed by atoms with van der Waals surface area (Å²) >= 11 is 0. The van der Waals surface area contributed by atoms with Gasteiger partial charge in [0.25, 0.3) is 5.56 Å². The molecule has 0 spiro atoms.